The first-order valence-corrected chi connectivity index (χ1v) is 12.9. The number of hydrogen-bond acceptors (Lipinski definition) is 6. The number of aryl methyl sites for hydroxylation is 1. The van der Waals surface area contributed by atoms with Crippen LogP contribution in [0.5, 0.6) is 5.75 Å². The Bertz CT molecular complexity index is 1040. The van der Waals surface area contributed by atoms with Crippen LogP contribution in [0.15, 0.2) is 34.5 Å². The monoisotopic (exact) mass is 500 g/mol. The minimum atomic E-state index is -0.361. The van der Waals surface area contributed by atoms with E-state index in [0.717, 1.165) is 23.3 Å². The van der Waals surface area contributed by atoms with Gasteiger partial charge >= 0.3 is 0 Å². The third kappa shape index (κ3) is 6.24. The van der Waals surface area contributed by atoms with Crippen molar-refractivity contribution in [2.24, 2.45) is 10.7 Å². The molecule has 1 saturated carbocycles. The van der Waals surface area contributed by atoms with Crippen molar-refractivity contribution in [3.63, 3.8) is 0 Å². The summed E-state index contributed by atoms with van der Waals surface area (Å²) in [5.74, 6) is -0.347. The number of benzene rings is 1. The number of amides is 2. The van der Waals surface area contributed by atoms with Gasteiger partial charge in [0.2, 0.25) is 5.91 Å². The number of carbonyl (C=O) groups excluding carboxylic acids is 2. The molecule has 1 aromatic rings. The largest absolute Gasteiger partial charge is 0.487 e. The Morgan fingerprint density at radius 3 is 2.50 bits per heavy atom. The van der Waals surface area contributed by atoms with Crippen LogP contribution in [0.25, 0.3) is 0 Å². The van der Waals surface area contributed by atoms with E-state index in [9.17, 15) is 14.0 Å². The number of rotatable bonds is 5. The SMILES string of the molecule is Cc1ccc(OC2CCN(C(=O)CN=C3CCCC3=C(N)C(=O)N3C[C@@H](C)O[C@@H](C)C3)CC2)c(F)c1. The van der Waals surface area contributed by atoms with Gasteiger partial charge in [0.25, 0.3) is 5.91 Å². The molecule has 0 unspecified atom stereocenters. The predicted octanol–water partition coefficient (Wildman–Crippen LogP) is 2.98. The first-order valence-electron chi connectivity index (χ1n) is 12.9. The molecular formula is C27H37FN4O4. The summed E-state index contributed by atoms with van der Waals surface area (Å²) in [6.45, 7) is 7.87. The van der Waals surface area contributed by atoms with Gasteiger partial charge < -0.3 is 25.0 Å². The molecule has 2 amide bonds. The molecule has 0 radical (unpaired) electrons. The summed E-state index contributed by atoms with van der Waals surface area (Å²) in [5.41, 5.74) is 8.93. The quantitative estimate of drug-likeness (QED) is 0.627. The molecule has 1 aliphatic carbocycles. The van der Waals surface area contributed by atoms with E-state index in [1.54, 1.807) is 15.9 Å². The fourth-order valence-electron chi connectivity index (χ4n) is 5.20. The van der Waals surface area contributed by atoms with Gasteiger partial charge in [-0.1, -0.05) is 6.07 Å². The predicted molar refractivity (Wildman–Crippen MR) is 135 cm³/mol. The molecule has 2 aliphatic heterocycles. The number of piperidine rings is 1. The van der Waals surface area contributed by atoms with Gasteiger partial charge in [-0.2, -0.15) is 0 Å². The van der Waals surface area contributed by atoms with Crippen molar-refractivity contribution in [1.29, 1.82) is 0 Å². The first-order chi connectivity index (χ1) is 17.2. The second kappa shape index (κ2) is 11.4. The molecular weight excluding hydrogens is 463 g/mol. The fraction of sp³-hybridized carbons (Fsp3) is 0.593. The Kier molecular flexibility index (Phi) is 8.28. The number of morpholine rings is 1. The zero-order valence-electron chi connectivity index (χ0n) is 21.5. The maximum absolute atomic E-state index is 14.1. The molecule has 0 bridgehead atoms. The van der Waals surface area contributed by atoms with Crippen molar-refractivity contribution in [3.05, 3.63) is 40.8 Å². The van der Waals surface area contributed by atoms with Crippen molar-refractivity contribution in [2.75, 3.05) is 32.7 Å². The van der Waals surface area contributed by atoms with Crippen LogP contribution >= 0.6 is 0 Å². The second-order valence-electron chi connectivity index (χ2n) is 10.1. The van der Waals surface area contributed by atoms with Gasteiger partial charge in [0.05, 0.1) is 12.2 Å². The van der Waals surface area contributed by atoms with Gasteiger partial charge in [-0.3, -0.25) is 14.6 Å². The Morgan fingerprint density at radius 2 is 1.83 bits per heavy atom. The summed E-state index contributed by atoms with van der Waals surface area (Å²) in [7, 11) is 0. The van der Waals surface area contributed by atoms with Gasteiger partial charge in [-0.05, 0) is 57.7 Å². The number of nitrogens with zero attached hydrogens (tertiary/aromatic N) is 3. The molecule has 2 saturated heterocycles. The number of carbonyl (C=O) groups is 2. The van der Waals surface area contributed by atoms with E-state index < -0.39 is 0 Å². The van der Waals surface area contributed by atoms with E-state index in [1.807, 2.05) is 26.8 Å². The molecule has 196 valence electrons. The van der Waals surface area contributed by atoms with Gasteiger partial charge in [0, 0.05) is 50.3 Å². The van der Waals surface area contributed by atoms with Crippen LogP contribution in [0.4, 0.5) is 4.39 Å². The number of aliphatic imine (C=N–C) groups is 1. The number of hydrogen-bond donors (Lipinski definition) is 1. The Labute approximate surface area is 212 Å². The van der Waals surface area contributed by atoms with Gasteiger partial charge in [0.15, 0.2) is 11.6 Å². The van der Waals surface area contributed by atoms with Crippen molar-refractivity contribution in [2.45, 2.75) is 71.2 Å². The molecule has 4 rings (SSSR count). The Balaban J connectivity index is 1.31. The van der Waals surface area contributed by atoms with E-state index in [0.29, 0.717) is 51.9 Å². The molecule has 0 spiro atoms. The number of halogens is 1. The molecule has 2 atom stereocenters. The smallest absolute Gasteiger partial charge is 0.270 e. The molecule has 2 heterocycles. The van der Waals surface area contributed by atoms with Gasteiger partial charge in [0.1, 0.15) is 18.3 Å². The molecule has 3 aliphatic rings. The average molecular weight is 501 g/mol. The summed E-state index contributed by atoms with van der Waals surface area (Å²) < 4.78 is 25.6. The normalized spacial score (nSPS) is 25.8. The average Bonchev–Trinajstić information content (AvgIpc) is 3.32. The lowest BCUT2D eigenvalue weighted by molar-refractivity contribution is -0.139. The highest BCUT2D eigenvalue weighted by molar-refractivity contribution is 6.09. The highest BCUT2D eigenvalue weighted by atomic mass is 19.1. The van der Waals surface area contributed by atoms with Crippen LogP contribution in [0.3, 0.4) is 0 Å². The summed E-state index contributed by atoms with van der Waals surface area (Å²) >= 11 is 0. The second-order valence-corrected chi connectivity index (χ2v) is 10.1. The van der Waals surface area contributed by atoms with Crippen LogP contribution in [0.2, 0.25) is 0 Å². The zero-order chi connectivity index (χ0) is 25.8. The number of allylic oxidation sites excluding steroid dienone is 1. The van der Waals surface area contributed by atoms with Crippen LogP contribution in [0, 0.1) is 12.7 Å². The Morgan fingerprint density at radius 1 is 1.14 bits per heavy atom. The van der Waals surface area contributed by atoms with Gasteiger partial charge in [-0.25, -0.2) is 4.39 Å². The first kappa shape index (κ1) is 26.1. The van der Waals surface area contributed by atoms with Gasteiger partial charge in [-0.15, -0.1) is 0 Å². The molecule has 9 heteroatoms. The highest BCUT2D eigenvalue weighted by Crippen LogP contribution is 2.26. The van der Waals surface area contributed by atoms with E-state index in [4.69, 9.17) is 15.2 Å². The van der Waals surface area contributed by atoms with Crippen LogP contribution in [0.1, 0.15) is 51.5 Å². The number of likely N-dealkylation sites (tertiary alicyclic amines) is 1. The lowest BCUT2D eigenvalue weighted by Crippen LogP contribution is -2.49. The van der Waals surface area contributed by atoms with Crippen molar-refractivity contribution in [3.8, 4) is 5.75 Å². The van der Waals surface area contributed by atoms with Crippen molar-refractivity contribution < 1.29 is 23.5 Å². The minimum absolute atomic E-state index is 0.0318. The maximum Gasteiger partial charge on any atom is 0.270 e. The molecule has 1 aromatic carbocycles. The maximum atomic E-state index is 14.1. The van der Waals surface area contributed by atoms with E-state index in [1.165, 1.54) is 6.07 Å². The lowest BCUT2D eigenvalue weighted by Gasteiger charge is -2.35. The Hall–Kier alpha value is -2.94. The van der Waals surface area contributed by atoms with E-state index >= 15 is 0 Å². The summed E-state index contributed by atoms with van der Waals surface area (Å²) in [6, 6.07) is 4.94. The minimum Gasteiger partial charge on any atom is -0.487 e. The molecule has 0 aromatic heterocycles. The molecule has 36 heavy (non-hydrogen) atoms. The molecule has 3 fully saturated rings. The topological polar surface area (TPSA) is 97.5 Å². The van der Waals surface area contributed by atoms with Crippen LogP contribution in [-0.2, 0) is 14.3 Å². The van der Waals surface area contributed by atoms with E-state index in [-0.39, 0.29) is 53.9 Å². The highest BCUT2D eigenvalue weighted by Gasteiger charge is 2.30. The van der Waals surface area contributed by atoms with Crippen molar-refractivity contribution >= 4 is 17.5 Å². The van der Waals surface area contributed by atoms with Crippen molar-refractivity contribution in [1.82, 2.24) is 9.80 Å². The summed E-state index contributed by atoms with van der Waals surface area (Å²) in [4.78, 5) is 34.0. The van der Waals surface area contributed by atoms with E-state index in [2.05, 4.69) is 4.99 Å². The zero-order valence-corrected chi connectivity index (χ0v) is 21.5. The lowest BCUT2D eigenvalue weighted by atomic mass is 10.1. The third-order valence-electron chi connectivity index (χ3n) is 7.03. The third-order valence-corrected chi connectivity index (χ3v) is 7.03. The molecule has 2 N–H and O–H groups in total. The molecule has 8 nitrogen and oxygen atoms in total. The number of nitrogens with two attached hydrogens (primary N) is 1. The standard InChI is InChI=1S/C27H37FN4O4/c1-17-7-8-24(22(28)13-17)36-20-9-11-31(12-10-20)25(33)14-30-23-6-4-5-21(23)26(29)27(34)32-15-18(2)35-19(3)16-32/h7-8,13,18-20H,4-6,9-12,14-16,29H2,1-3H3/t18-,19+. The van der Waals surface area contributed by atoms with Crippen LogP contribution in [-0.4, -0.2) is 78.4 Å². The summed E-state index contributed by atoms with van der Waals surface area (Å²) in [6.07, 6.45) is 3.36. The summed E-state index contributed by atoms with van der Waals surface area (Å²) in [5, 5.41) is 0. The number of ether oxygens (including phenoxy) is 2. The van der Waals surface area contributed by atoms with Crippen LogP contribution < -0.4 is 10.5 Å². The fourth-order valence-corrected chi connectivity index (χ4v) is 5.20.